The Balaban J connectivity index is 1.45. The molecule has 0 bridgehead atoms. The van der Waals surface area contributed by atoms with Gasteiger partial charge in [0, 0.05) is 62.0 Å². The lowest BCUT2D eigenvalue weighted by atomic mass is 10.1. The van der Waals surface area contributed by atoms with E-state index in [1.165, 1.54) is 16.4 Å². The highest BCUT2D eigenvalue weighted by atomic mass is 35.5. The molecule has 2 aliphatic heterocycles. The largest absolute Gasteiger partial charge is 0.336 e. The summed E-state index contributed by atoms with van der Waals surface area (Å²) in [5.74, 6) is -0.505. The summed E-state index contributed by atoms with van der Waals surface area (Å²) in [7, 11) is -3.61. The third kappa shape index (κ3) is 5.24. The van der Waals surface area contributed by atoms with E-state index in [0.717, 1.165) is 24.8 Å². The van der Waals surface area contributed by atoms with E-state index >= 15 is 0 Å². The van der Waals surface area contributed by atoms with Crippen LogP contribution in [0.2, 0.25) is 5.02 Å². The summed E-state index contributed by atoms with van der Waals surface area (Å²) in [6.45, 7) is 5.38. The first kappa shape index (κ1) is 24.1. The standard InChI is InChI=1S/C24H29ClFN3O3S/c1-18-8-9-19(33(31,32)29-10-3-2-4-11-29)16-20(18)24(30)28-14-12-27(13-15-28)17-21-22(25)6-5-7-23(21)26/h5-9,16H,2-4,10-15,17H2,1H3. The average molecular weight is 494 g/mol. The van der Waals surface area contributed by atoms with Gasteiger partial charge in [0.25, 0.3) is 5.91 Å². The number of carbonyl (C=O) groups excluding carboxylic acids is 1. The van der Waals surface area contributed by atoms with Crippen LogP contribution in [-0.4, -0.2) is 67.7 Å². The van der Waals surface area contributed by atoms with Crippen LogP contribution < -0.4 is 0 Å². The van der Waals surface area contributed by atoms with Crippen molar-refractivity contribution in [2.45, 2.75) is 37.6 Å². The van der Waals surface area contributed by atoms with Gasteiger partial charge in [-0.15, -0.1) is 0 Å². The topological polar surface area (TPSA) is 60.9 Å². The van der Waals surface area contributed by atoms with Gasteiger partial charge < -0.3 is 4.90 Å². The number of hydrogen-bond donors (Lipinski definition) is 0. The van der Waals surface area contributed by atoms with Crippen LogP contribution in [0.1, 0.15) is 40.7 Å². The smallest absolute Gasteiger partial charge is 0.254 e. The number of hydrogen-bond acceptors (Lipinski definition) is 4. The summed E-state index contributed by atoms with van der Waals surface area (Å²) in [5, 5.41) is 0.399. The number of aryl methyl sites for hydroxylation is 1. The monoisotopic (exact) mass is 493 g/mol. The zero-order chi connectivity index (χ0) is 23.6. The van der Waals surface area contributed by atoms with E-state index in [-0.39, 0.29) is 16.6 Å². The van der Waals surface area contributed by atoms with Crippen LogP contribution >= 0.6 is 11.6 Å². The quantitative estimate of drug-likeness (QED) is 0.633. The van der Waals surface area contributed by atoms with Gasteiger partial charge >= 0.3 is 0 Å². The molecule has 0 radical (unpaired) electrons. The number of amides is 1. The highest BCUT2D eigenvalue weighted by Crippen LogP contribution is 2.25. The van der Waals surface area contributed by atoms with Crippen LogP contribution in [0, 0.1) is 12.7 Å². The summed E-state index contributed by atoms with van der Waals surface area (Å²) in [6, 6.07) is 9.47. The molecule has 0 unspecified atom stereocenters. The summed E-state index contributed by atoms with van der Waals surface area (Å²) in [4.78, 5) is 17.2. The lowest BCUT2D eigenvalue weighted by Crippen LogP contribution is -2.48. The van der Waals surface area contributed by atoms with E-state index < -0.39 is 10.0 Å². The Kier molecular flexibility index (Phi) is 7.38. The number of benzene rings is 2. The van der Waals surface area contributed by atoms with Crippen LogP contribution in [0.4, 0.5) is 4.39 Å². The third-order valence-corrected chi connectivity index (χ3v) is 8.74. The van der Waals surface area contributed by atoms with E-state index in [2.05, 4.69) is 4.90 Å². The number of piperidine rings is 1. The Labute approximate surface area is 200 Å². The number of nitrogens with zero attached hydrogens (tertiary/aromatic N) is 3. The second kappa shape index (κ2) is 10.1. The van der Waals surface area contributed by atoms with Crippen molar-refractivity contribution in [3.63, 3.8) is 0 Å². The van der Waals surface area contributed by atoms with Crippen LogP contribution in [0.15, 0.2) is 41.3 Å². The molecule has 0 aromatic heterocycles. The summed E-state index contributed by atoms with van der Waals surface area (Å²) in [5.41, 5.74) is 1.63. The number of piperazine rings is 1. The SMILES string of the molecule is Cc1ccc(S(=O)(=O)N2CCCCC2)cc1C(=O)N1CCN(Cc2c(F)cccc2Cl)CC1. The molecule has 2 aliphatic rings. The molecule has 2 fully saturated rings. The first-order chi connectivity index (χ1) is 15.8. The Morgan fingerprint density at radius 3 is 2.36 bits per heavy atom. The first-order valence-corrected chi connectivity index (χ1v) is 13.1. The van der Waals surface area contributed by atoms with Gasteiger partial charge in [-0.05, 0) is 49.6 Å². The van der Waals surface area contributed by atoms with Crippen molar-refractivity contribution in [3.8, 4) is 0 Å². The summed E-state index contributed by atoms with van der Waals surface area (Å²) in [6.07, 6.45) is 2.76. The molecule has 2 aromatic rings. The highest BCUT2D eigenvalue weighted by Gasteiger charge is 2.29. The van der Waals surface area contributed by atoms with Gasteiger partial charge in [-0.3, -0.25) is 9.69 Å². The van der Waals surface area contributed by atoms with Gasteiger partial charge in [0.1, 0.15) is 5.82 Å². The summed E-state index contributed by atoms with van der Waals surface area (Å²) < 4.78 is 41.8. The predicted octanol–water partition coefficient (Wildman–Crippen LogP) is 3.92. The number of halogens is 2. The van der Waals surface area contributed by atoms with Crippen molar-refractivity contribution >= 4 is 27.5 Å². The van der Waals surface area contributed by atoms with Gasteiger partial charge in [0.05, 0.1) is 4.90 Å². The van der Waals surface area contributed by atoms with Crippen molar-refractivity contribution in [2.24, 2.45) is 0 Å². The number of sulfonamides is 1. The number of rotatable bonds is 5. The minimum absolute atomic E-state index is 0.172. The molecule has 0 saturated carbocycles. The van der Waals surface area contributed by atoms with Crippen LogP contribution in [0.3, 0.4) is 0 Å². The normalized spacial score (nSPS) is 18.5. The zero-order valence-corrected chi connectivity index (χ0v) is 20.3. The molecular weight excluding hydrogens is 465 g/mol. The van der Waals surface area contributed by atoms with Crippen molar-refractivity contribution in [3.05, 3.63) is 63.9 Å². The molecule has 0 atom stereocenters. The third-order valence-electron chi connectivity index (χ3n) is 6.50. The van der Waals surface area contributed by atoms with Gasteiger partial charge in [-0.1, -0.05) is 30.2 Å². The highest BCUT2D eigenvalue weighted by molar-refractivity contribution is 7.89. The fourth-order valence-electron chi connectivity index (χ4n) is 4.43. The molecule has 0 aliphatic carbocycles. The Hall–Kier alpha value is -2.00. The van der Waals surface area contributed by atoms with Crippen molar-refractivity contribution in [1.29, 1.82) is 0 Å². The van der Waals surface area contributed by atoms with Gasteiger partial charge in [-0.25, -0.2) is 12.8 Å². The van der Waals surface area contributed by atoms with Crippen LogP contribution in [0.5, 0.6) is 0 Å². The molecule has 0 spiro atoms. The molecule has 6 nitrogen and oxygen atoms in total. The average Bonchev–Trinajstić information content (AvgIpc) is 2.82. The molecule has 1 amide bonds. The Morgan fingerprint density at radius 2 is 1.70 bits per heavy atom. The minimum atomic E-state index is -3.61. The molecule has 178 valence electrons. The summed E-state index contributed by atoms with van der Waals surface area (Å²) >= 11 is 6.15. The van der Waals surface area contributed by atoms with E-state index in [9.17, 15) is 17.6 Å². The molecule has 9 heteroatoms. The first-order valence-electron chi connectivity index (χ1n) is 11.3. The predicted molar refractivity (Wildman–Crippen MR) is 126 cm³/mol. The van der Waals surface area contributed by atoms with Crippen molar-refractivity contribution < 1.29 is 17.6 Å². The van der Waals surface area contributed by atoms with Gasteiger partial charge in [0.15, 0.2) is 0 Å². The second-order valence-electron chi connectivity index (χ2n) is 8.71. The van der Waals surface area contributed by atoms with E-state index in [0.29, 0.717) is 62.0 Å². The zero-order valence-electron chi connectivity index (χ0n) is 18.8. The molecule has 33 heavy (non-hydrogen) atoms. The molecule has 2 aromatic carbocycles. The maximum Gasteiger partial charge on any atom is 0.254 e. The maximum atomic E-state index is 14.1. The lowest BCUT2D eigenvalue weighted by Gasteiger charge is -2.35. The molecule has 2 heterocycles. The molecular formula is C24H29ClFN3O3S. The van der Waals surface area contributed by atoms with E-state index in [1.807, 2.05) is 6.92 Å². The fourth-order valence-corrected chi connectivity index (χ4v) is 6.20. The second-order valence-corrected chi connectivity index (χ2v) is 11.1. The van der Waals surface area contributed by atoms with Gasteiger partial charge in [0.2, 0.25) is 10.0 Å². The van der Waals surface area contributed by atoms with Crippen LogP contribution in [-0.2, 0) is 16.6 Å². The van der Waals surface area contributed by atoms with Crippen molar-refractivity contribution in [1.82, 2.24) is 14.1 Å². The lowest BCUT2D eigenvalue weighted by molar-refractivity contribution is 0.0626. The Morgan fingerprint density at radius 1 is 1.00 bits per heavy atom. The van der Waals surface area contributed by atoms with Gasteiger partial charge in [-0.2, -0.15) is 4.31 Å². The Bertz CT molecular complexity index is 1110. The van der Waals surface area contributed by atoms with E-state index in [1.54, 1.807) is 29.2 Å². The van der Waals surface area contributed by atoms with Crippen LogP contribution in [0.25, 0.3) is 0 Å². The minimum Gasteiger partial charge on any atom is -0.336 e. The van der Waals surface area contributed by atoms with Crippen molar-refractivity contribution in [2.75, 3.05) is 39.3 Å². The number of carbonyl (C=O) groups is 1. The molecule has 2 saturated heterocycles. The fraction of sp³-hybridized carbons (Fsp3) is 0.458. The maximum absolute atomic E-state index is 14.1. The molecule has 0 N–H and O–H groups in total. The molecule has 4 rings (SSSR count). The van der Waals surface area contributed by atoms with E-state index in [4.69, 9.17) is 11.6 Å².